The van der Waals surface area contributed by atoms with E-state index in [9.17, 15) is 0 Å². The van der Waals surface area contributed by atoms with E-state index in [1.807, 2.05) is 0 Å². The van der Waals surface area contributed by atoms with Crippen molar-refractivity contribution < 1.29 is 0 Å². The van der Waals surface area contributed by atoms with Gasteiger partial charge in [-0.1, -0.05) is 110 Å². The highest BCUT2D eigenvalue weighted by atomic mass is 15.1. The van der Waals surface area contributed by atoms with Crippen LogP contribution in [-0.4, -0.2) is 9.13 Å². The second kappa shape index (κ2) is 7.34. The van der Waals surface area contributed by atoms with Crippen molar-refractivity contribution in [3.05, 3.63) is 144 Å². The number of fused-ring (bicyclic) bond motifs is 11. The van der Waals surface area contributed by atoms with E-state index >= 15 is 0 Å². The Labute approximate surface area is 254 Å². The minimum absolute atomic E-state index is 0.181. The summed E-state index contributed by atoms with van der Waals surface area (Å²) in [5.41, 5.74) is 16.9. The van der Waals surface area contributed by atoms with Crippen molar-refractivity contribution in [1.29, 1.82) is 0 Å². The van der Waals surface area contributed by atoms with Gasteiger partial charge in [-0.3, -0.25) is 0 Å². The molecule has 6 aromatic carbocycles. The van der Waals surface area contributed by atoms with E-state index < -0.39 is 0 Å². The number of hydrogen-bond donors (Lipinski definition) is 0. The highest BCUT2D eigenvalue weighted by molar-refractivity contribution is 6.18. The van der Waals surface area contributed by atoms with Gasteiger partial charge in [-0.2, -0.15) is 0 Å². The molecule has 2 aliphatic heterocycles. The molecule has 3 unspecified atom stereocenters. The summed E-state index contributed by atoms with van der Waals surface area (Å²) in [7, 11) is 0. The lowest BCUT2D eigenvalue weighted by Gasteiger charge is -2.46. The highest BCUT2D eigenvalue weighted by Gasteiger charge is 2.62. The van der Waals surface area contributed by atoms with E-state index in [2.05, 4.69) is 130 Å². The van der Waals surface area contributed by atoms with E-state index in [0.29, 0.717) is 11.8 Å². The molecule has 3 atom stereocenters. The van der Waals surface area contributed by atoms with E-state index in [1.54, 1.807) is 16.7 Å². The van der Waals surface area contributed by atoms with Crippen LogP contribution < -0.4 is 0 Å². The van der Waals surface area contributed by atoms with Crippen LogP contribution in [0.15, 0.2) is 121 Å². The number of aromatic nitrogens is 2. The van der Waals surface area contributed by atoms with Gasteiger partial charge in [0.25, 0.3) is 0 Å². The standard InChI is InChI=1S/C42H28N2/c1-2-10-24(11-3-1)25-14-8-17-33-39(25)44-35-19-7-5-13-28(35)31-22-23-36-38(41(31)44)42(33)32-16-9-15-26(32)29-20-21-30-27-12-4-6-18-34(27)43(36)40(30)37(29)42/h1-8,10-14,17-23,26,32H,9,15-16H2. The van der Waals surface area contributed by atoms with Crippen molar-refractivity contribution in [3.8, 4) is 22.5 Å². The van der Waals surface area contributed by atoms with Gasteiger partial charge < -0.3 is 9.13 Å². The second-order valence-corrected chi connectivity index (χ2v) is 13.5. The predicted molar refractivity (Wildman–Crippen MR) is 181 cm³/mol. The summed E-state index contributed by atoms with van der Waals surface area (Å²) < 4.78 is 5.30. The van der Waals surface area contributed by atoms with Crippen LogP contribution in [0.4, 0.5) is 0 Å². The average molecular weight is 561 g/mol. The molecule has 4 aliphatic rings. The first-order valence-electron chi connectivity index (χ1n) is 16.2. The van der Waals surface area contributed by atoms with Crippen molar-refractivity contribution in [3.63, 3.8) is 0 Å². The van der Waals surface area contributed by atoms with Crippen LogP contribution in [0.3, 0.4) is 0 Å². The third-order valence-electron chi connectivity index (χ3n) is 12.0. The number of rotatable bonds is 1. The van der Waals surface area contributed by atoms with Gasteiger partial charge in [-0.05, 0) is 65.1 Å². The summed E-state index contributed by atoms with van der Waals surface area (Å²) in [5, 5.41) is 5.49. The van der Waals surface area contributed by atoms with Crippen molar-refractivity contribution in [2.45, 2.75) is 30.6 Å². The summed E-state index contributed by atoms with van der Waals surface area (Å²) in [5.74, 6) is 1.14. The maximum Gasteiger partial charge on any atom is 0.0607 e. The first kappa shape index (κ1) is 22.5. The molecule has 0 radical (unpaired) electrons. The van der Waals surface area contributed by atoms with Crippen LogP contribution in [0.2, 0.25) is 0 Å². The third kappa shape index (κ3) is 2.21. The Balaban J connectivity index is 1.42. The summed E-state index contributed by atoms with van der Waals surface area (Å²) in [4.78, 5) is 0. The number of benzene rings is 6. The molecule has 0 amide bonds. The molecule has 2 aliphatic carbocycles. The molecule has 2 nitrogen and oxygen atoms in total. The van der Waals surface area contributed by atoms with Gasteiger partial charge in [0.05, 0.1) is 38.9 Å². The van der Waals surface area contributed by atoms with E-state index in [4.69, 9.17) is 0 Å². The number of nitrogens with zero attached hydrogens (tertiary/aromatic N) is 2. The SMILES string of the molecule is c1ccc(-c2cccc3c2-n2c4ccccc4c4ccc5c(c42)C32c3c(ccc4c6ccccc6n-5c34)C3CCCC32)cc1. The molecule has 0 saturated heterocycles. The lowest BCUT2D eigenvalue weighted by atomic mass is 9.60. The molecule has 2 aromatic heterocycles. The topological polar surface area (TPSA) is 9.86 Å². The molecule has 2 heteroatoms. The van der Waals surface area contributed by atoms with Gasteiger partial charge in [-0.25, -0.2) is 0 Å². The molecule has 4 heterocycles. The molecule has 206 valence electrons. The first-order valence-corrected chi connectivity index (χ1v) is 16.2. The number of hydrogen-bond acceptors (Lipinski definition) is 0. The van der Waals surface area contributed by atoms with Crippen molar-refractivity contribution in [1.82, 2.24) is 9.13 Å². The van der Waals surface area contributed by atoms with Gasteiger partial charge >= 0.3 is 0 Å². The summed E-state index contributed by atoms with van der Waals surface area (Å²) in [6.45, 7) is 0. The van der Waals surface area contributed by atoms with Crippen LogP contribution in [0.5, 0.6) is 0 Å². The Morgan fingerprint density at radius 3 is 2.07 bits per heavy atom. The van der Waals surface area contributed by atoms with E-state index in [0.717, 1.165) is 0 Å². The van der Waals surface area contributed by atoms with Crippen LogP contribution in [0.1, 0.15) is 47.4 Å². The minimum atomic E-state index is -0.181. The van der Waals surface area contributed by atoms with Crippen molar-refractivity contribution >= 4 is 43.6 Å². The van der Waals surface area contributed by atoms with Crippen molar-refractivity contribution in [2.24, 2.45) is 5.92 Å². The van der Waals surface area contributed by atoms with Gasteiger partial charge in [0, 0.05) is 32.7 Å². The van der Waals surface area contributed by atoms with Crippen LogP contribution >= 0.6 is 0 Å². The molecule has 44 heavy (non-hydrogen) atoms. The largest absolute Gasteiger partial charge is 0.309 e. The van der Waals surface area contributed by atoms with Gasteiger partial charge in [0.15, 0.2) is 0 Å². The van der Waals surface area contributed by atoms with Crippen LogP contribution in [0, 0.1) is 5.92 Å². The summed E-state index contributed by atoms with van der Waals surface area (Å²) >= 11 is 0. The van der Waals surface area contributed by atoms with Gasteiger partial charge in [-0.15, -0.1) is 0 Å². The monoisotopic (exact) mass is 560 g/mol. The smallest absolute Gasteiger partial charge is 0.0607 e. The number of para-hydroxylation sites is 3. The van der Waals surface area contributed by atoms with Gasteiger partial charge in [0.1, 0.15) is 0 Å². The molecule has 0 N–H and O–H groups in total. The van der Waals surface area contributed by atoms with Crippen molar-refractivity contribution in [2.75, 3.05) is 0 Å². The lowest BCUT2D eigenvalue weighted by Crippen LogP contribution is -2.41. The Bertz CT molecular complexity index is 2600. The van der Waals surface area contributed by atoms with Gasteiger partial charge in [0.2, 0.25) is 0 Å². The maximum absolute atomic E-state index is 2.66. The molecule has 12 rings (SSSR count). The fourth-order valence-electron chi connectivity index (χ4n) is 10.7. The van der Waals surface area contributed by atoms with Crippen LogP contribution in [-0.2, 0) is 5.41 Å². The predicted octanol–water partition coefficient (Wildman–Crippen LogP) is 10.4. The summed E-state index contributed by atoms with van der Waals surface area (Å²) in [6.07, 6.45) is 3.86. The normalized spacial score (nSPS) is 21.9. The van der Waals surface area contributed by atoms with Crippen LogP contribution in [0.25, 0.3) is 66.1 Å². The maximum atomic E-state index is 2.66. The minimum Gasteiger partial charge on any atom is -0.309 e. The fourth-order valence-corrected chi connectivity index (χ4v) is 10.7. The molecule has 0 bridgehead atoms. The Morgan fingerprint density at radius 2 is 1.25 bits per heavy atom. The summed E-state index contributed by atoms with van der Waals surface area (Å²) in [6, 6.07) is 46.4. The zero-order chi connectivity index (χ0) is 28.3. The zero-order valence-corrected chi connectivity index (χ0v) is 24.2. The first-order chi connectivity index (χ1) is 21.9. The Morgan fingerprint density at radius 1 is 0.545 bits per heavy atom. The third-order valence-corrected chi connectivity index (χ3v) is 12.0. The van der Waals surface area contributed by atoms with E-state index in [-0.39, 0.29) is 5.41 Å². The molecule has 8 aromatic rings. The molecular formula is C42H28N2. The lowest BCUT2D eigenvalue weighted by molar-refractivity contribution is 0.382. The molecule has 1 fully saturated rings. The quantitative estimate of drug-likeness (QED) is 0.189. The second-order valence-electron chi connectivity index (χ2n) is 13.5. The average Bonchev–Trinajstić information content (AvgIpc) is 3.84. The zero-order valence-electron chi connectivity index (χ0n) is 24.2. The fraction of sp³-hybridized carbons (Fsp3) is 0.143. The Hall–Kier alpha value is -5.08. The molecule has 1 spiro atoms. The molecule has 1 saturated carbocycles. The molecular weight excluding hydrogens is 532 g/mol. The van der Waals surface area contributed by atoms with E-state index in [1.165, 1.54) is 90.9 Å². The Kier molecular flexibility index (Phi) is 3.75. The highest BCUT2D eigenvalue weighted by Crippen LogP contribution is 2.70.